The lowest BCUT2D eigenvalue weighted by Crippen LogP contribution is -2.08. The molecule has 0 amide bonds. The Morgan fingerprint density at radius 3 is 2.54 bits per heavy atom. The number of hydrogen-bond donors (Lipinski definition) is 1. The molecule has 0 saturated heterocycles. The summed E-state index contributed by atoms with van der Waals surface area (Å²) in [5.74, 6) is 0. The summed E-state index contributed by atoms with van der Waals surface area (Å²) in [5, 5.41) is 0.115. The van der Waals surface area contributed by atoms with Gasteiger partial charge in [0.15, 0.2) is 0 Å². The summed E-state index contributed by atoms with van der Waals surface area (Å²) in [5.41, 5.74) is 7.45. The molecule has 2 N–H and O–H groups in total. The van der Waals surface area contributed by atoms with E-state index in [0.29, 0.717) is 5.69 Å². The van der Waals surface area contributed by atoms with E-state index in [1.54, 1.807) is 0 Å². The predicted molar refractivity (Wildman–Crippen MR) is 57.1 cm³/mol. The summed E-state index contributed by atoms with van der Waals surface area (Å²) >= 11 is 0. The van der Waals surface area contributed by atoms with Crippen LogP contribution in [0.1, 0.15) is 19.4 Å². The van der Waals surface area contributed by atoms with E-state index < -0.39 is 10.8 Å². The first kappa shape index (κ1) is 10.3. The first-order valence-electron chi connectivity index (χ1n) is 4.29. The Bertz CT molecular complexity index is 334. The van der Waals surface area contributed by atoms with Gasteiger partial charge in [-0.15, -0.1) is 0 Å². The molecular weight excluding hydrogens is 182 g/mol. The molecule has 0 aromatic heterocycles. The van der Waals surface area contributed by atoms with Crippen molar-refractivity contribution in [3.05, 3.63) is 23.8 Å². The number of benzene rings is 1. The van der Waals surface area contributed by atoms with Crippen molar-refractivity contribution >= 4 is 16.5 Å². The maximum atomic E-state index is 11.7. The van der Waals surface area contributed by atoms with Crippen molar-refractivity contribution < 1.29 is 4.21 Å². The van der Waals surface area contributed by atoms with E-state index in [0.717, 1.165) is 10.5 Å². The van der Waals surface area contributed by atoms with Crippen LogP contribution in [0.3, 0.4) is 0 Å². The Morgan fingerprint density at radius 2 is 2.00 bits per heavy atom. The SMILES string of the molecule is Cc1ccc(N)c(S(=O)C(C)C)c1. The minimum absolute atomic E-state index is 0.115. The van der Waals surface area contributed by atoms with Crippen molar-refractivity contribution in [2.75, 3.05) is 5.73 Å². The van der Waals surface area contributed by atoms with Crippen LogP contribution in [-0.4, -0.2) is 9.46 Å². The van der Waals surface area contributed by atoms with Gasteiger partial charge in [0.25, 0.3) is 0 Å². The molecule has 0 aliphatic rings. The molecule has 1 atom stereocenters. The number of nitrogens with two attached hydrogens (primary N) is 1. The van der Waals surface area contributed by atoms with Crippen molar-refractivity contribution in [2.24, 2.45) is 0 Å². The monoisotopic (exact) mass is 197 g/mol. The Morgan fingerprint density at radius 1 is 1.38 bits per heavy atom. The fourth-order valence-corrected chi connectivity index (χ4v) is 2.18. The maximum Gasteiger partial charge on any atom is 0.0622 e. The van der Waals surface area contributed by atoms with Gasteiger partial charge in [-0.25, -0.2) is 0 Å². The van der Waals surface area contributed by atoms with Gasteiger partial charge < -0.3 is 5.73 Å². The second-order valence-corrected chi connectivity index (χ2v) is 5.36. The Hall–Kier alpha value is -0.830. The third-order valence-electron chi connectivity index (χ3n) is 1.81. The van der Waals surface area contributed by atoms with E-state index in [4.69, 9.17) is 5.73 Å². The molecular formula is C10H15NOS. The van der Waals surface area contributed by atoms with E-state index in [9.17, 15) is 4.21 Å². The van der Waals surface area contributed by atoms with E-state index in [1.165, 1.54) is 0 Å². The summed E-state index contributed by atoms with van der Waals surface area (Å²) in [6, 6.07) is 5.63. The molecule has 72 valence electrons. The molecule has 0 aliphatic carbocycles. The van der Waals surface area contributed by atoms with Gasteiger partial charge >= 0.3 is 0 Å². The summed E-state index contributed by atoms with van der Waals surface area (Å²) in [6.07, 6.45) is 0. The van der Waals surface area contributed by atoms with Gasteiger partial charge in [0.2, 0.25) is 0 Å². The van der Waals surface area contributed by atoms with Crippen molar-refractivity contribution in [1.82, 2.24) is 0 Å². The molecule has 2 nitrogen and oxygen atoms in total. The van der Waals surface area contributed by atoms with E-state index in [1.807, 2.05) is 39.0 Å². The molecule has 1 unspecified atom stereocenters. The van der Waals surface area contributed by atoms with Gasteiger partial charge in [-0.1, -0.05) is 19.9 Å². The highest BCUT2D eigenvalue weighted by Crippen LogP contribution is 2.20. The molecule has 1 rings (SSSR count). The average molecular weight is 197 g/mol. The molecule has 0 spiro atoms. The van der Waals surface area contributed by atoms with Gasteiger partial charge in [0.1, 0.15) is 0 Å². The Balaban J connectivity index is 3.13. The number of anilines is 1. The van der Waals surface area contributed by atoms with Crippen LogP contribution in [0.5, 0.6) is 0 Å². The third kappa shape index (κ3) is 2.31. The lowest BCUT2D eigenvalue weighted by Gasteiger charge is -2.08. The fraction of sp³-hybridized carbons (Fsp3) is 0.400. The maximum absolute atomic E-state index is 11.7. The van der Waals surface area contributed by atoms with E-state index >= 15 is 0 Å². The van der Waals surface area contributed by atoms with Crippen LogP contribution in [0.4, 0.5) is 5.69 Å². The van der Waals surface area contributed by atoms with Gasteiger partial charge in [-0.3, -0.25) is 4.21 Å². The van der Waals surface area contributed by atoms with Crippen LogP contribution < -0.4 is 5.73 Å². The van der Waals surface area contributed by atoms with Crippen molar-refractivity contribution in [1.29, 1.82) is 0 Å². The van der Waals surface area contributed by atoms with Crippen molar-refractivity contribution in [3.63, 3.8) is 0 Å². The molecule has 0 radical (unpaired) electrons. The minimum Gasteiger partial charge on any atom is -0.398 e. The Labute approximate surface area is 81.6 Å². The molecule has 0 aliphatic heterocycles. The summed E-state index contributed by atoms with van der Waals surface area (Å²) < 4.78 is 11.7. The number of aryl methyl sites for hydroxylation is 1. The lowest BCUT2D eigenvalue weighted by atomic mass is 10.2. The average Bonchev–Trinajstić information content (AvgIpc) is 2.08. The van der Waals surface area contributed by atoms with Crippen molar-refractivity contribution in [3.8, 4) is 0 Å². The van der Waals surface area contributed by atoms with Gasteiger partial charge in [0.05, 0.1) is 15.7 Å². The number of rotatable bonds is 2. The molecule has 1 aromatic rings. The largest absolute Gasteiger partial charge is 0.398 e. The highest BCUT2D eigenvalue weighted by molar-refractivity contribution is 7.85. The van der Waals surface area contributed by atoms with Crippen LogP contribution in [0, 0.1) is 6.92 Å². The molecule has 13 heavy (non-hydrogen) atoms. The van der Waals surface area contributed by atoms with Crippen LogP contribution >= 0.6 is 0 Å². The zero-order chi connectivity index (χ0) is 10.0. The summed E-state index contributed by atoms with van der Waals surface area (Å²) in [7, 11) is -0.982. The highest BCUT2D eigenvalue weighted by Gasteiger charge is 2.11. The molecule has 0 saturated carbocycles. The highest BCUT2D eigenvalue weighted by atomic mass is 32.2. The van der Waals surface area contributed by atoms with E-state index in [-0.39, 0.29) is 5.25 Å². The van der Waals surface area contributed by atoms with Crippen LogP contribution in [-0.2, 0) is 10.8 Å². The summed E-state index contributed by atoms with van der Waals surface area (Å²) in [4.78, 5) is 0.759. The van der Waals surface area contributed by atoms with Gasteiger partial charge in [-0.05, 0) is 24.6 Å². The van der Waals surface area contributed by atoms with Gasteiger partial charge in [0, 0.05) is 10.9 Å². The van der Waals surface area contributed by atoms with Crippen molar-refractivity contribution in [2.45, 2.75) is 30.9 Å². The smallest absolute Gasteiger partial charge is 0.0622 e. The zero-order valence-electron chi connectivity index (χ0n) is 8.20. The normalized spacial score (nSPS) is 13.2. The third-order valence-corrected chi connectivity index (χ3v) is 3.46. The fourth-order valence-electron chi connectivity index (χ4n) is 1.07. The second kappa shape index (κ2) is 3.92. The number of hydrogen-bond acceptors (Lipinski definition) is 2. The van der Waals surface area contributed by atoms with Crippen LogP contribution in [0.2, 0.25) is 0 Å². The second-order valence-electron chi connectivity index (χ2n) is 3.39. The summed E-state index contributed by atoms with van der Waals surface area (Å²) in [6.45, 7) is 5.83. The molecule has 0 heterocycles. The van der Waals surface area contributed by atoms with Crippen LogP contribution in [0.25, 0.3) is 0 Å². The predicted octanol–water partition coefficient (Wildman–Crippen LogP) is 2.09. The van der Waals surface area contributed by atoms with Crippen LogP contribution in [0.15, 0.2) is 23.1 Å². The lowest BCUT2D eigenvalue weighted by molar-refractivity contribution is 0.677. The molecule has 0 fully saturated rings. The Kier molecular flexibility index (Phi) is 3.09. The first-order chi connectivity index (χ1) is 6.02. The first-order valence-corrected chi connectivity index (χ1v) is 5.50. The topological polar surface area (TPSA) is 43.1 Å². The standard InChI is InChI=1S/C10H15NOS/c1-7(2)13(12)10-6-8(3)4-5-9(10)11/h4-7H,11H2,1-3H3. The molecule has 0 bridgehead atoms. The van der Waals surface area contributed by atoms with E-state index in [2.05, 4.69) is 0 Å². The molecule has 1 aromatic carbocycles. The minimum atomic E-state index is -0.982. The zero-order valence-corrected chi connectivity index (χ0v) is 9.02. The molecule has 3 heteroatoms. The van der Waals surface area contributed by atoms with Gasteiger partial charge in [-0.2, -0.15) is 0 Å². The number of nitrogen functional groups attached to an aromatic ring is 1. The quantitative estimate of drug-likeness (QED) is 0.738.